The van der Waals surface area contributed by atoms with Crippen LogP contribution in [0, 0.1) is 23.7 Å². The van der Waals surface area contributed by atoms with Crippen molar-refractivity contribution < 1.29 is 30.8 Å². The molecule has 3 atom stereocenters. The number of rotatable bonds is 4. The van der Waals surface area contributed by atoms with Gasteiger partial charge in [-0.25, -0.2) is 36.1 Å². The lowest BCUT2D eigenvalue weighted by Gasteiger charge is -2.45. The van der Waals surface area contributed by atoms with Gasteiger partial charge in [0, 0.05) is 49.6 Å². The van der Waals surface area contributed by atoms with Crippen molar-refractivity contribution in [2.24, 2.45) is 28.8 Å². The zero-order chi connectivity index (χ0) is 22.3. The topological polar surface area (TPSA) is 102 Å². The SMILES string of the molecule is CC1CC(F)(F)C[C@@H](C(=O)Nc2ccnc(S(N)(=O)=O)c2)C1C1CCC(F)(F)CC1. The molecule has 1 heterocycles. The average molecular weight is 451 g/mol. The van der Waals surface area contributed by atoms with E-state index in [-0.39, 0.29) is 43.7 Å². The molecule has 2 aliphatic carbocycles. The number of nitrogens with one attached hydrogen (secondary N) is 1. The van der Waals surface area contributed by atoms with Crippen molar-refractivity contribution >= 4 is 21.6 Å². The highest BCUT2D eigenvalue weighted by Gasteiger charge is 2.51. The number of amides is 1. The van der Waals surface area contributed by atoms with Gasteiger partial charge in [0.1, 0.15) is 0 Å². The van der Waals surface area contributed by atoms with Gasteiger partial charge in [0.2, 0.25) is 17.8 Å². The van der Waals surface area contributed by atoms with Crippen LogP contribution in [0.2, 0.25) is 0 Å². The van der Waals surface area contributed by atoms with Crippen molar-refractivity contribution in [2.45, 2.75) is 62.3 Å². The Morgan fingerprint density at radius 3 is 2.40 bits per heavy atom. The molecule has 0 aliphatic heterocycles. The summed E-state index contributed by atoms with van der Waals surface area (Å²) in [7, 11) is -4.11. The fourth-order valence-corrected chi connectivity index (χ4v) is 5.43. The van der Waals surface area contributed by atoms with Gasteiger partial charge in [-0.15, -0.1) is 0 Å². The molecule has 1 aromatic rings. The van der Waals surface area contributed by atoms with E-state index in [9.17, 15) is 30.8 Å². The molecule has 2 saturated carbocycles. The smallest absolute Gasteiger partial charge is 0.255 e. The summed E-state index contributed by atoms with van der Waals surface area (Å²) in [5.41, 5.74) is 0.0643. The summed E-state index contributed by atoms with van der Waals surface area (Å²) >= 11 is 0. The third kappa shape index (κ3) is 5.29. The van der Waals surface area contributed by atoms with Crippen molar-refractivity contribution in [2.75, 3.05) is 5.32 Å². The third-order valence-electron chi connectivity index (χ3n) is 6.20. The second kappa shape index (κ2) is 8.07. The number of alkyl halides is 4. The van der Waals surface area contributed by atoms with Gasteiger partial charge < -0.3 is 5.32 Å². The first-order valence-corrected chi connectivity index (χ1v) is 11.4. The van der Waals surface area contributed by atoms with Crippen LogP contribution < -0.4 is 10.5 Å². The third-order valence-corrected chi connectivity index (χ3v) is 7.00. The first-order valence-electron chi connectivity index (χ1n) is 9.83. The van der Waals surface area contributed by atoms with Gasteiger partial charge in [-0.2, -0.15) is 0 Å². The van der Waals surface area contributed by atoms with E-state index >= 15 is 0 Å². The molecule has 6 nitrogen and oxygen atoms in total. The van der Waals surface area contributed by atoms with Crippen LogP contribution in [0.3, 0.4) is 0 Å². The second-order valence-corrected chi connectivity index (χ2v) is 10.0. The molecule has 0 spiro atoms. The summed E-state index contributed by atoms with van der Waals surface area (Å²) in [6.45, 7) is 1.64. The van der Waals surface area contributed by atoms with Gasteiger partial charge in [0.15, 0.2) is 5.03 Å². The van der Waals surface area contributed by atoms with Crippen LogP contribution in [0.1, 0.15) is 45.4 Å². The molecule has 1 aromatic heterocycles. The van der Waals surface area contributed by atoms with Crippen LogP contribution in [0.5, 0.6) is 0 Å². The van der Waals surface area contributed by atoms with Crippen molar-refractivity contribution in [1.82, 2.24) is 4.98 Å². The molecule has 2 aliphatic rings. The monoisotopic (exact) mass is 451 g/mol. The van der Waals surface area contributed by atoms with Crippen LogP contribution in [0.4, 0.5) is 23.2 Å². The molecule has 30 heavy (non-hydrogen) atoms. The average Bonchev–Trinajstić information content (AvgIpc) is 2.60. The molecular formula is C19H25F4N3O3S. The first-order chi connectivity index (χ1) is 13.8. The van der Waals surface area contributed by atoms with Gasteiger partial charge in [-0.05, 0) is 36.7 Å². The molecule has 3 rings (SSSR count). The highest BCUT2D eigenvalue weighted by Crippen LogP contribution is 2.51. The van der Waals surface area contributed by atoms with Gasteiger partial charge >= 0.3 is 0 Å². The summed E-state index contributed by atoms with van der Waals surface area (Å²) in [4.78, 5) is 16.6. The van der Waals surface area contributed by atoms with E-state index in [2.05, 4.69) is 10.3 Å². The lowest BCUT2D eigenvalue weighted by atomic mass is 9.62. The van der Waals surface area contributed by atoms with Crippen molar-refractivity contribution in [1.29, 1.82) is 0 Å². The van der Waals surface area contributed by atoms with Gasteiger partial charge in [0.05, 0.1) is 0 Å². The van der Waals surface area contributed by atoms with Crippen LogP contribution >= 0.6 is 0 Å². The van der Waals surface area contributed by atoms with E-state index < -0.39 is 57.0 Å². The normalized spacial score (nSPS) is 29.3. The molecule has 11 heteroatoms. The summed E-state index contributed by atoms with van der Waals surface area (Å²) in [5, 5.41) is 7.05. The molecule has 3 N–H and O–H groups in total. The Morgan fingerprint density at radius 1 is 1.17 bits per heavy atom. The Balaban J connectivity index is 1.83. The van der Waals surface area contributed by atoms with Crippen LogP contribution in [-0.4, -0.2) is 31.2 Å². The van der Waals surface area contributed by atoms with Gasteiger partial charge in [-0.1, -0.05) is 6.92 Å². The predicted molar refractivity (Wildman–Crippen MR) is 101 cm³/mol. The van der Waals surface area contributed by atoms with Crippen molar-refractivity contribution in [3.8, 4) is 0 Å². The number of nitrogens with two attached hydrogens (primary N) is 1. The molecule has 2 unspecified atom stereocenters. The molecular weight excluding hydrogens is 426 g/mol. The highest BCUT2D eigenvalue weighted by molar-refractivity contribution is 7.89. The highest BCUT2D eigenvalue weighted by atomic mass is 32.2. The standard InChI is InChI=1S/C19H25F4N3O3S/c1-11-9-19(22,23)10-14(16(11)12-2-5-18(20,21)6-3-12)17(27)26-13-4-7-25-15(8-13)30(24,28)29/h4,7-8,11-12,14,16H,2-3,5-6,9-10H2,1H3,(H2,24,28,29)(H,25,26,27)/t11?,14-,16?/m1/s1. The fourth-order valence-electron chi connectivity index (χ4n) is 4.93. The Kier molecular flexibility index (Phi) is 6.16. The minimum atomic E-state index is -4.11. The molecule has 0 radical (unpaired) electrons. The summed E-state index contributed by atoms with van der Waals surface area (Å²) in [5.74, 6) is -8.78. The number of anilines is 1. The van der Waals surface area contributed by atoms with Crippen molar-refractivity contribution in [3.63, 3.8) is 0 Å². The molecule has 1 amide bonds. The Hall–Kier alpha value is -1.75. The minimum Gasteiger partial charge on any atom is -0.326 e. The van der Waals surface area contributed by atoms with E-state index in [1.807, 2.05) is 0 Å². The fraction of sp³-hybridized carbons (Fsp3) is 0.684. The lowest BCUT2D eigenvalue weighted by molar-refractivity contribution is -0.144. The predicted octanol–water partition coefficient (Wildman–Crippen LogP) is 3.79. The number of carbonyl (C=O) groups is 1. The maximum atomic E-state index is 14.3. The number of halogens is 4. The summed E-state index contributed by atoms with van der Waals surface area (Å²) in [6, 6.07) is 2.38. The number of hydrogen-bond acceptors (Lipinski definition) is 4. The van der Waals surface area contributed by atoms with Crippen molar-refractivity contribution in [3.05, 3.63) is 18.3 Å². The first kappa shape index (κ1) is 22.9. The number of pyridine rings is 1. The molecule has 0 aromatic carbocycles. The number of nitrogens with zero attached hydrogens (tertiary/aromatic N) is 1. The number of aromatic nitrogens is 1. The van der Waals surface area contributed by atoms with E-state index in [1.54, 1.807) is 6.92 Å². The van der Waals surface area contributed by atoms with Crippen LogP contribution in [0.15, 0.2) is 23.4 Å². The number of sulfonamides is 1. The zero-order valence-electron chi connectivity index (χ0n) is 16.5. The Labute approximate surface area is 172 Å². The molecule has 2 fully saturated rings. The van der Waals surface area contributed by atoms with Gasteiger partial charge in [-0.3, -0.25) is 4.79 Å². The van der Waals surface area contributed by atoms with E-state index in [4.69, 9.17) is 5.14 Å². The molecule has 0 bridgehead atoms. The molecule has 168 valence electrons. The lowest BCUT2D eigenvalue weighted by Crippen LogP contribution is -2.47. The second-order valence-electron chi connectivity index (χ2n) is 8.54. The maximum Gasteiger partial charge on any atom is 0.255 e. The van der Waals surface area contributed by atoms with Gasteiger partial charge in [0.25, 0.3) is 10.0 Å². The summed E-state index contributed by atoms with van der Waals surface area (Å²) in [6.07, 6.45) is -0.188. The van der Waals surface area contributed by atoms with E-state index in [0.29, 0.717) is 0 Å². The maximum absolute atomic E-state index is 14.3. The quantitative estimate of drug-likeness (QED) is 0.680. The Morgan fingerprint density at radius 2 is 1.80 bits per heavy atom. The zero-order valence-corrected chi connectivity index (χ0v) is 17.3. The minimum absolute atomic E-state index is 0.0643. The Bertz CT molecular complexity index is 900. The van der Waals surface area contributed by atoms with E-state index in [1.165, 1.54) is 6.07 Å². The van der Waals surface area contributed by atoms with Crippen LogP contribution in [0.25, 0.3) is 0 Å². The van der Waals surface area contributed by atoms with E-state index in [0.717, 1.165) is 12.3 Å². The molecule has 0 saturated heterocycles. The number of carbonyl (C=O) groups excluding carboxylic acids is 1. The number of primary sulfonamides is 1. The van der Waals surface area contributed by atoms with Crippen LogP contribution in [-0.2, 0) is 14.8 Å². The number of hydrogen-bond donors (Lipinski definition) is 2. The summed E-state index contributed by atoms with van der Waals surface area (Å²) < 4.78 is 78.6. The largest absolute Gasteiger partial charge is 0.326 e.